The number of hydrogen-bond acceptors (Lipinski definition) is 4. The molecule has 3 aromatic rings. The van der Waals surface area contributed by atoms with Gasteiger partial charge in [-0.05, 0) is 36.8 Å². The first kappa shape index (κ1) is 18.3. The molecular weight excluding hydrogens is 342 g/mol. The van der Waals surface area contributed by atoms with Gasteiger partial charge in [-0.2, -0.15) is 0 Å². The zero-order valence-corrected chi connectivity index (χ0v) is 15.5. The van der Waals surface area contributed by atoms with Gasteiger partial charge in [-0.15, -0.1) is 5.10 Å². The monoisotopic (exact) mass is 363 g/mol. The van der Waals surface area contributed by atoms with E-state index in [0.717, 1.165) is 16.8 Å². The van der Waals surface area contributed by atoms with Crippen LogP contribution in [0.15, 0.2) is 54.7 Å². The maximum atomic E-state index is 12.6. The average molecular weight is 363 g/mol. The highest BCUT2D eigenvalue weighted by Crippen LogP contribution is 2.11. The molecule has 0 bridgehead atoms. The van der Waals surface area contributed by atoms with E-state index in [1.807, 2.05) is 43.3 Å². The molecule has 138 valence electrons. The molecule has 2 amide bonds. The highest BCUT2D eigenvalue weighted by molar-refractivity contribution is 5.94. The van der Waals surface area contributed by atoms with E-state index in [4.69, 9.17) is 0 Å². The third-order valence-corrected chi connectivity index (χ3v) is 4.22. The van der Waals surface area contributed by atoms with Crippen LogP contribution in [0.5, 0.6) is 0 Å². The van der Waals surface area contributed by atoms with Gasteiger partial charge in [0.15, 0.2) is 5.69 Å². The highest BCUT2D eigenvalue weighted by atomic mass is 16.2. The average Bonchev–Trinajstić information content (AvgIpc) is 3.18. The third-order valence-electron chi connectivity index (χ3n) is 4.22. The Morgan fingerprint density at radius 1 is 1.07 bits per heavy atom. The van der Waals surface area contributed by atoms with Crippen molar-refractivity contribution in [2.24, 2.45) is 0 Å². The number of amides is 2. The summed E-state index contributed by atoms with van der Waals surface area (Å²) in [6.45, 7) is 2.42. The van der Waals surface area contributed by atoms with E-state index in [0.29, 0.717) is 12.1 Å². The first-order chi connectivity index (χ1) is 13.0. The van der Waals surface area contributed by atoms with Crippen molar-refractivity contribution in [3.63, 3.8) is 0 Å². The van der Waals surface area contributed by atoms with Crippen molar-refractivity contribution < 1.29 is 9.59 Å². The van der Waals surface area contributed by atoms with Crippen LogP contribution >= 0.6 is 0 Å². The summed E-state index contributed by atoms with van der Waals surface area (Å²) in [5.74, 6) is -0.359. The van der Waals surface area contributed by atoms with Crippen molar-refractivity contribution in [3.8, 4) is 5.69 Å². The maximum absolute atomic E-state index is 12.6. The minimum absolute atomic E-state index is 0.140. The summed E-state index contributed by atoms with van der Waals surface area (Å²) in [5, 5.41) is 10.6. The summed E-state index contributed by atoms with van der Waals surface area (Å²) < 4.78 is 1.58. The minimum Gasteiger partial charge on any atom is -0.355 e. The number of nitrogens with one attached hydrogen (secondary N) is 1. The van der Waals surface area contributed by atoms with Gasteiger partial charge in [0.2, 0.25) is 0 Å². The molecule has 0 spiro atoms. The van der Waals surface area contributed by atoms with Crippen LogP contribution in [0.3, 0.4) is 0 Å². The fourth-order valence-corrected chi connectivity index (χ4v) is 2.63. The Kier molecular flexibility index (Phi) is 5.30. The highest BCUT2D eigenvalue weighted by Gasteiger charge is 2.16. The number of aryl methyl sites for hydroxylation is 1. The summed E-state index contributed by atoms with van der Waals surface area (Å²) in [6.07, 6.45) is 1.62. The second kappa shape index (κ2) is 7.82. The van der Waals surface area contributed by atoms with Crippen molar-refractivity contribution in [2.75, 3.05) is 14.1 Å². The van der Waals surface area contributed by atoms with E-state index in [-0.39, 0.29) is 17.5 Å². The van der Waals surface area contributed by atoms with Crippen molar-refractivity contribution >= 4 is 11.8 Å². The molecule has 7 heteroatoms. The SMILES string of the molecule is CNC(=O)c1ccc(CN(C)C(=O)c2cn(-c3ccc(C)cc3)nn2)cc1. The summed E-state index contributed by atoms with van der Waals surface area (Å²) >= 11 is 0. The van der Waals surface area contributed by atoms with Crippen LogP contribution in [-0.4, -0.2) is 45.8 Å². The van der Waals surface area contributed by atoms with E-state index in [1.165, 1.54) is 0 Å². The molecule has 3 rings (SSSR count). The molecule has 0 saturated heterocycles. The lowest BCUT2D eigenvalue weighted by Gasteiger charge is -2.15. The molecule has 0 aliphatic heterocycles. The molecule has 7 nitrogen and oxygen atoms in total. The number of aromatic nitrogens is 3. The van der Waals surface area contributed by atoms with Crippen LogP contribution in [0.4, 0.5) is 0 Å². The number of rotatable bonds is 5. The van der Waals surface area contributed by atoms with Gasteiger partial charge in [0.05, 0.1) is 11.9 Å². The van der Waals surface area contributed by atoms with Gasteiger partial charge in [0, 0.05) is 26.2 Å². The predicted octanol–water partition coefficient (Wildman–Crippen LogP) is 2.21. The fourth-order valence-electron chi connectivity index (χ4n) is 2.63. The Hall–Kier alpha value is -3.48. The van der Waals surface area contributed by atoms with Crippen LogP contribution in [0.25, 0.3) is 5.69 Å². The van der Waals surface area contributed by atoms with Gasteiger partial charge >= 0.3 is 0 Å². The van der Waals surface area contributed by atoms with Crippen molar-refractivity contribution in [2.45, 2.75) is 13.5 Å². The van der Waals surface area contributed by atoms with Crippen molar-refractivity contribution in [3.05, 3.63) is 77.1 Å². The molecule has 1 N–H and O–H groups in total. The van der Waals surface area contributed by atoms with Gasteiger partial charge in [-0.1, -0.05) is 35.0 Å². The zero-order valence-electron chi connectivity index (χ0n) is 15.5. The summed E-state index contributed by atoms with van der Waals surface area (Å²) in [7, 11) is 3.30. The maximum Gasteiger partial charge on any atom is 0.276 e. The van der Waals surface area contributed by atoms with Crippen molar-refractivity contribution in [1.82, 2.24) is 25.2 Å². The number of benzene rings is 2. The molecule has 0 atom stereocenters. The van der Waals surface area contributed by atoms with Crippen LogP contribution in [0.1, 0.15) is 32.0 Å². The Morgan fingerprint density at radius 2 is 1.74 bits per heavy atom. The Balaban J connectivity index is 1.68. The lowest BCUT2D eigenvalue weighted by atomic mass is 10.1. The van der Waals surface area contributed by atoms with E-state index < -0.39 is 0 Å². The molecule has 0 aliphatic carbocycles. The standard InChI is InChI=1S/C20H21N5O2/c1-14-4-10-17(11-5-14)25-13-18(22-23-25)20(27)24(3)12-15-6-8-16(9-7-15)19(26)21-2/h4-11,13H,12H2,1-3H3,(H,21,26). The van der Waals surface area contributed by atoms with Gasteiger partial charge < -0.3 is 10.2 Å². The van der Waals surface area contributed by atoms with Crippen LogP contribution < -0.4 is 5.32 Å². The van der Waals surface area contributed by atoms with E-state index >= 15 is 0 Å². The van der Waals surface area contributed by atoms with Gasteiger partial charge in [-0.3, -0.25) is 9.59 Å². The van der Waals surface area contributed by atoms with E-state index in [1.54, 1.807) is 42.0 Å². The second-order valence-corrected chi connectivity index (χ2v) is 6.32. The van der Waals surface area contributed by atoms with Gasteiger partial charge in [0.25, 0.3) is 11.8 Å². The summed E-state index contributed by atoms with van der Waals surface area (Å²) in [5.41, 5.74) is 3.78. The molecule has 1 heterocycles. The van der Waals surface area contributed by atoms with Gasteiger partial charge in [0.1, 0.15) is 0 Å². The van der Waals surface area contributed by atoms with Crippen LogP contribution in [-0.2, 0) is 6.54 Å². The number of hydrogen-bond donors (Lipinski definition) is 1. The number of carbonyl (C=O) groups is 2. The van der Waals surface area contributed by atoms with E-state index in [9.17, 15) is 9.59 Å². The normalized spacial score (nSPS) is 10.5. The molecule has 0 unspecified atom stereocenters. The Morgan fingerprint density at radius 3 is 2.37 bits per heavy atom. The summed E-state index contributed by atoms with van der Waals surface area (Å²) in [6, 6.07) is 14.9. The quantitative estimate of drug-likeness (QED) is 0.754. The second-order valence-electron chi connectivity index (χ2n) is 6.32. The van der Waals surface area contributed by atoms with Crippen molar-refractivity contribution in [1.29, 1.82) is 0 Å². The third kappa shape index (κ3) is 4.20. The zero-order chi connectivity index (χ0) is 19.4. The lowest BCUT2D eigenvalue weighted by molar-refractivity contribution is 0.0778. The summed E-state index contributed by atoms with van der Waals surface area (Å²) in [4.78, 5) is 25.8. The molecule has 0 saturated carbocycles. The van der Waals surface area contributed by atoms with Gasteiger partial charge in [-0.25, -0.2) is 4.68 Å². The molecule has 0 radical (unpaired) electrons. The number of nitrogens with zero attached hydrogens (tertiary/aromatic N) is 4. The lowest BCUT2D eigenvalue weighted by Crippen LogP contribution is -2.26. The predicted molar refractivity (Wildman–Crippen MR) is 102 cm³/mol. The largest absolute Gasteiger partial charge is 0.355 e. The van der Waals surface area contributed by atoms with E-state index in [2.05, 4.69) is 15.6 Å². The topological polar surface area (TPSA) is 80.1 Å². The smallest absolute Gasteiger partial charge is 0.276 e. The molecular formula is C20H21N5O2. The first-order valence-corrected chi connectivity index (χ1v) is 8.54. The molecule has 0 fully saturated rings. The van der Waals surface area contributed by atoms with Crippen LogP contribution in [0, 0.1) is 6.92 Å². The molecule has 2 aromatic carbocycles. The van der Waals surface area contributed by atoms with Crippen LogP contribution in [0.2, 0.25) is 0 Å². The Bertz CT molecular complexity index is 945. The number of carbonyl (C=O) groups excluding carboxylic acids is 2. The fraction of sp³-hybridized carbons (Fsp3) is 0.200. The first-order valence-electron chi connectivity index (χ1n) is 8.54. The minimum atomic E-state index is -0.219. The molecule has 1 aromatic heterocycles. The molecule has 0 aliphatic rings. The Labute approximate surface area is 157 Å². The molecule has 27 heavy (non-hydrogen) atoms.